The molecule has 35 heavy (non-hydrogen) atoms. The fourth-order valence-corrected chi connectivity index (χ4v) is 3.72. The third kappa shape index (κ3) is 7.39. The van der Waals surface area contributed by atoms with Crippen LogP contribution in [0.15, 0.2) is 42.5 Å². The highest BCUT2D eigenvalue weighted by atomic mass is 19.4. The fourth-order valence-electron chi connectivity index (χ4n) is 3.72. The Morgan fingerprint density at radius 1 is 1.09 bits per heavy atom. The van der Waals surface area contributed by atoms with Gasteiger partial charge in [0.2, 0.25) is 5.91 Å². The maximum absolute atomic E-state index is 13.8. The van der Waals surface area contributed by atoms with Gasteiger partial charge in [0.05, 0.1) is 25.0 Å². The van der Waals surface area contributed by atoms with E-state index >= 15 is 0 Å². The Morgan fingerprint density at radius 2 is 1.83 bits per heavy atom. The molecule has 2 aromatic rings. The van der Waals surface area contributed by atoms with E-state index in [2.05, 4.69) is 17.1 Å². The van der Waals surface area contributed by atoms with Crippen LogP contribution in [-0.4, -0.2) is 57.8 Å². The van der Waals surface area contributed by atoms with Gasteiger partial charge in [-0.2, -0.15) is 13.2 Å². The Labute approximate surface area is 204 Å². The lowest BCUT2D eigenvalue weighted by molar-refractivity contribution is -0.136. The average molecular weight is 492 g/mol. The van der Waals surface area contributed by atoms with Crippen molar-refractivity contribution in [1.82, 2.24) is 4.90 Å². The summed E-state index contributed by atoms with van der Waals surface area (Å²) in [6.07, 6.45) is 0.0322. The Balaban J connectivity index is 1.72. The van der Waals surface area contributed by atoms with Gasteiger partial charge in [-0.1, -0.05) is 19.4 Å². The molecular formula is C26H32F3N3O3. The molecule has 1 amide bonds. The van der Waals surface area contributed by atoms with E-state index in [4.69, 9.17) is 9.47 Å². The first kappa shape index (κ1) is 26.4. The smallest absolute Gasteiger partial charge is 0.418 e. The van der Waals surface area contributed by atoms with Gasteiger partial charge in [-0.15, -0.1) is 0 Å². The molecular weight excluding hydrogens is 459 g/mol. The summed E-state index contributed by atoms with van der Waals surface area (Å²) in [6.45, 7) is 5.49. The Morgan fingerprint density at radius 3 is 2.49 bits per heavy atom. The predicted octanol–water partition coefficient (Wildman–Crippen LogP) is 5.30. The summed E-state index contributed by atoms with van der Waals surface area (Å²) in [6, 6.07) is 9.23. The third-order valence-corrected chi connectivity index (χ3v) is 5.81. The van der Waals surface area contributed by atoms with Crippen molar-refractivity contribution < 1.29 is 27.4 Å². The highest BCUT2D eigenvalue weighted by Crippen LogP contribution is 2.37. The van der Waals surface area contributed by atoms with Crippen LogP contribution in [-0.2, 0) is 11.0 Å². The monoisotopic (exact) mass is 491 g/mol. The minimum absolute atomic E-state index is 0.276. The van der Waals surface area contributed by atoms with Crippen molar-refractivity contribution in [2.24, 2.45) is 0 Å². The molecule has 0 bridgehead atoms. The van der Waals surface area contributed by atoms with E-state index in [0.29, 0.717) is 42.4 Å². The molecule has 6 nitrogen and oxygen atoms in total. The van der Waals surface area contributed by atoms with E-state index in [9.17, 15) is 18.0 Å². The molecule has 0 saturated carbocycles. The van der Waals surface area contributed by atoms with Crippen LogP contribution >= 0.6 is 0 Å². The van der Waals surface area contributed by atoms with Crippen LogP contribution in [0.5, 0.6) is 11.5 Å². The number of halogens is 3. The molecule has 1 aliphatic rings. The molecule has 2 aromatic carbocycles. The zero-order chi connectivity index (χ0) is 25.4. The Bertz CT molecular complexity index is 1030. The number of likely N-dealkylation sites (N-methyl/N-ethyl adjacent to an activating group) is 1. The molecule has 0 radical (unpaired) electrons. The number of hydrogen-bond donors (Lipinski definition) is 1. The number of unbranched alkanes of at least 4 members (excludes halogenated alkanes) is 1. The molecule has 0 spiro atoms. The largest absolute Gasteiger partial charge is 0.493 e. The Hall–Kier alpha value is -3.20. The number of alkyl halides is 3. The number of nitrogens with zero attached hydrogens (tertiary/aromatic N) is 2. The van der Waals surface area contributed by atoms with Gasteiger partial charge in [0.1, 0.15) is 0 Å². The van der Waals surface area contributed by atoms with Gasteiger partial charge in [0, 0.05) is 37.9 Å². The van der Waals surface area contributed by atoms with Crippen LogP contribution in [0.2, 0.25) is 0 Å². The molecule has 1 saturated heterocycles. The fraction of sp³-hybridized carbons (Fsp3) is 0.423. The second kappa shape index (κ2) is 12.0. The number of carbonyl (C=O) groups excluding carboxylic acids is 1. The van der Waals surface area contributed by atoms with Gasteiger partial charge in [-0.3, -0.25) is 4.79 Å². The number of nitrogens with one attached hydrogen (secondary N) is 1. The van der Waals surface area contributed by atoms with Gasteiger partial charge >= 0.3 is 6.18 Å². The first-order valence-electron chi connectivity index (χ1n) is 11.7. The zero-order valence-corrected chi connectivity index (χ0v) is 20.3. The number of methoxy groups -OCH3 is 1. The van der Waals surface area contributed by atoms with Crippen molar-refractivity contribution in [2.75, 3.05) is 57.2 Å². The maximum atomic E-state index is 13.8. The van der Waals surface area contributed by atoms with Crippen molar-refractivity contribution in [3.8, 4) is 11.5 Å². The molecule has 0 aliphatic carbocycles. The van der Waals surface area contributed by atoms with E-state index in [1.807, 2.05) is 11.9 Å². The summed E-state index contributed by atoms with van der Waals surface area (Å²) in [5.41, 5.74) is 0.00168. The van der Waals surface area contributed by atoms with Gasteiger partial charge in [-0.05, 0) is 55.4 Å². The van der Waals surface area contributed by atoms with Crippen molar-refractivity contribution in [1.29, 1.82) is 0 Å². The average Bonchev–Trinajstić information content (AvgIpc) is 2.83. The number of piperazine rings is 1. The zero-order valence-electron chi connectivity index (χ0n) is 20.3. The normalized spacial score (nSPS) is 14.9. The molecule has 3 rings (SSSR count). The summed E-state index contributed by atoms with van der Waals surface area (Å²) >= 11 is 0. The number of ether oxygens (including phenoxy) is 2. The lowest BCUT2D eigenvalue weighted by atomic mass is 10.1. The van der Waals surface area contributed by atoms with Crippen LogP contribution in [0.4, 0.5) is 24.5 Å². The summed E-state index contributed by atoms with van der Waals surface area (Å²) in [5, 5.41) is 2.37. The number of rotatable bonds is 9. The van der Waals surface area contributed by atoms with E-state index in [0.717, 1.165) is 32.0 Å². The number of benzene rings is 2. The quantitative estimate of drug-likeness (QED) is 0.381. The van der Waals surface area contributed by atoms with E-state index in [1.165, 1.54) is 25.3 Å². The highest BCUT2D eigenvalue weighted by Gasteiger charge is 2.34. The minimum Gasteiger partial charge on any atom is -0.493 e. The van der Waals surface area contributed by atoms with Gasteiger partial charge < -0.3 is 24.6 Å². The SMILES string of the molecule is CCCCOc1ccc(/C=C/C(=O)Nc2ccc(N3CCN(C)CC3)cc2C(F)(F)F)cc1OC. The van der Waals surface area contributed by atoms with Crippen LogP contribution in [0.25, 0.3) is 6.08 Å². The number of amides is 1. The number of hydrogen-bond acceptors (Lipinski definition) is 5. The van der Waals surface area contributed by atoms with E-state index in [1.54, 1.807) is 24.3 Å². The molecule has 1 N–H and O–H groups in total. The number of anilines is 2. The maximum Gasteiger partial charge on any atom is 0.418 e. The summed E-state index contributed by atoms with van der Waals surface area (Å²) in [7, 11) is 3.50. The van der Waals surface area contributed by atoms with E-state index < -0.39 is 17.6 Å². The van der Waals surface area contributed by atoms with Crippen LogP contribution in [0, 0.1) is 0 Å². The molecule has 1 aliphatic heterocycles. The lowest BCUT2D eigenvalue weighted by Crippen LogP contribution is -2.44. The molecule has 0 aromatic heterocycles. The molecule has 190 valence electrons. The van der Waals surface area contributed by atoms with Gasteiger partial charge in [0.15, 0.2) is 11.5 Å². The van der Waals surface area contributed by atoms with Crippen molar-refractivity contribution in [3.05, 3.63) is 53.6 Å². The van der Waals surface area contributed by atoms with Crippen LogP contribution < -0.4 is 19.7 Å². The minimum atomic E-state index is -4.60. The van der Waals surface area contributed by atoms with E-state index in [-0.39, 0.29) is 5.69 Å². The standard InChI is InChI=1S/C26H32F3N3O3/c1-4-5-16-35-23-10-6-19(17-24(23)34-3)7-11-25(33)30-22-9-8-20(18-21(22)26(27,28)29)32-14-12-31(2)13-15-32/h6-11,17-18H,4-5,12-16H2,1-3H3,(H,30,33)/b11-7+. The second-order valence-electron chi connectivity index (χ2n) is 8.45. The first-order chi connectivity index (χ1) is 16.7. The number of carbonyl (C=O) groups is 1. The summed E-state index contributed by atoms with van der Waals surface area (Å²) in [5.74, 6) is 0.449. The van der Waals surface area contributed by atoms with Crippen LogP contribution in [0.1, 0.15) is 30.9 Å². The molecule has 1 heterocycles. The summed E-state index contributed by atoms with van der Waals surface area (Å²) in [4.78, 5) is 16.5. The third-order valence-electron chi connectivity index (χ3n) is 5.81. The van der Waals surface area contributed by atoms with Gasteiger partial charge in [0.25, 0.3) is 0 Å². The Kier molecular flexibility index (Phi) is 9.03. The lowest BCUT2D eigenvalue weighted by Gasteiger charge is -2.34. The highest BCUT2D eigenvalue weighted by molar-refractivity contribution is 6.02. The molecule has 9 heteroatoms. The second-order valence-corrected chi connectivity index (χ2v) is 8.45. The molecule has 0 atom stereocenters. The molecule has 1 fully saturated rings. The van der Waals surface area contributed by atoms with Crippen molar-refractivity contribution >= 4 is 23.4 Å². The topological polar surface area (TPSA) is 54.0 Å². The molecule has 0 unspecified atom stereocenters. The van der Waals surface area contributed by atoms with Crippen molar-refractivity contribution in [3.63, 3.8) is 0 Å². The first-order valence-corrected chi connectivity index (χ1v) is 11.7. The predicted molar refractivity (Wildman–Crippen MR) is 132 cm³/mol. The van der Waals surface area contributed by atoms with Gasteiger partial charge in [-0.25, -0.2) is 0 Å². The van der Waals surface area contributed by atoms with Crippen molar-refractivity contribution in [2.45, 2.75) is 25.9 Å². The van der Waals surface area contributed by atoms with Crippen LogP contribution in [0.3, 0.4) is 0 Å². The summed E-state index contributed by atoms with van der Waals surface area (Å²) < 4.78 is 52.3.